The topological polar surface area (TPSA) is 69.2 Å². The Balaban J connectivity index is 1.60. The van der Waals surface area contributed by atoms with Crippen LogP contribution < -0.4 is 5.73 Å². The monoisotopic (exact) mass is 375 g/mol. The molecule has 0 unspecified atom stereocenters. The van der Waals surface area contributed by atoms with Crippen molar-refractivity contribution in [2.45, 2.75) is 17.3 Å². The number of benzene rings is 1. The van der Waals surface area contributed by atoms with Crippen LogP contribution in [0.25, 0.3) is 0 Å². The number of nitrogens with two attached hydrogens (primary N) is 1. The molecule has 2 heterocycles. The van der Waals surface area contributed by atoms with Crippen molar-refractivity contribution in [2.75, 3.05) is 26.2 Å². The number of hydrogen-bond donors (Lipinski definition) is 2. The zero-order valence-electron chi connectivity index (χ0n) is 14.0. The fraction of sp³-hybridized carbons (Fsp3) is 0.333. The van der Waals surface area contributed by atoms with E-state index in [4.69, 9.17) is 22.7 Å². The Hall–Kier alpha value is -1.76. The molecule has 1 saturated heterocycles. The number of aromatic nitrogens is 1. The number of rotatable bonds is 5. The lowest BCUT2D eigenvalue weighted by atomic mass is 10.2. The number of thioether (sulfide) groups is 1. The standard InChI is InChI=1S/C18H22ClN5S/c19-16-5-1-3-14(11-16)13-25-17-15(4-2-6-22-17)12-23-7-9-24(10-8-23)18(20)21/h1-6,11H,7-10,12-13H2,(H3,20,21). The van der Waals surface area contributed by atoms with E-state index in [1.165, 1.54) is 11.1 Å². The molecule has 0 atom stereocenters. The lowest BCUT2D eigenvalue weighted by molar-refractivity contribution is 0.172. The van der Waals surface area contributed by atoms with Gasteiger partial charge < -0.3 is 10.6 Å². The van der Waals surface area contributed by atoms with Crippen molar-refractivity contribution in [1.82, 2.24) is 14.8 Å². The van der Waals surface area contributed by atoms with E-state index in [2.05, 4.69) is 22.0 Å². The number of nitrogens with zero attached hydrogens (tertiary/aromatic N) is 3. The molecule has 1 aromatic carbocycles. The first kappa shape index (κ1) is 18.0. The van der Waals surface area contributed by atoms with Crippen LogP contribution in [-0.4, -0.2) is 46.9 Å². The van der Waals surface area contributed by atoms with Gasteiger partial charge in [-0.1, -0.05) is 29.8 Å². The molecule has 5 nitrogen and oxygen atoms in total. The zero-order valence-corrected chi connectivity index (χ0v) is 15.6. The number of guanidine groups is 1. The van der Waals surface area contributed by atoms with Gasteiger partial charge in [-0.05, 0) is 29.3 Å². The van der Waals surface area contributed by atoms with E-state index < -0.39 is 0 Å². The minimum atomic E-state index is 0.166. The second kappa shape index (κ2) is 8.56. The van der Waals surface area contributed by atoms with Crippen molar-refractivity contribution in [3.8, 4) is 0 Å². The van der Waals surface area contributed by atoms with Crippen LogP contribution in [0.15, 0.2) is 47.6 Å². The summed E-state index contributed by atoms with van der Waals surface area (Å²) in [6.07, 6.45) is 1.84. The number of nitrogens with one attached hydrogen (secondary N) is 1. The van der Waals surface area contributed by atoms with Gasteiger partial charge in [0.05, 0.1) is 0 Å². The van der Waals surface area contributed by atoms with Crippen molar-refractivity contribution in [3.05, 3.63) is 58.7 Å². The van der Waals surface area contributed by atoms with Crippen LogP contribution in [0.4, 0.5) is 0 Å². The van der Waals surface area contributed by atoms with E-state index >= 15 is 0 Å². The average Bonchev–Trinajstić information content (AvgIpc) is 2.61. The molecule has 1 aliphatic heterocycles. The number of piperazine rings is 1. The van der Waals surface area contributed by atoms with Gasteiger partial charge in [0.15, 0.2) is 5.96 Å². The van der Waals surface area contributed by atoms with E-state index in [1.54, 1.807) is 11.8 Å². The van der Waals surface area contributed by atoms with E-state index in [0.717, 1.165) is 48.5 Å². The summed E-state index contributed by atoms with van der Waals surface area (Å²) in [5, 5.41) is 9.36. The average molecular weight is 376 g/mol. The van der Waals surface area contributed by atoms with E-state index in [9.17, 15) is 0 Å². The Labute approximate surface area is 157 Å². The van der Waals surface area contributed by atoms with Crippen LogP contribution in [0.2, 0.25) is 5.02 Å². The number of pyridine rings is 1. The molecular weight excluding hydrogens is 354 g/mol. The molecule has 0 radical (unpaired) electrons. The first-order valence-electron chi connectivity index (χ1n) is 8.24. The maximum Gasteiger partial charge on any atom is 0.188 e. The maximum atomic E-state index is 7.52. The smallest absolute Gasteiger partial charge is 0.188 e. The molecule has 3 rings (SSSR count). The SMILES string of the molecule is N=C(N)N1CCN(Cc2cccnc2SCc2cccc(Cl)c2)CC1. The number of hydrogen-bond acceptors (Lipinski definition) is 4. The summed E-state index contributed by atoms with van der Waals surface area (Å²) in [6.45, 7) is 4.30. The molecule has 0 spiro atoms. The second-order valence-corrected chi connectivity index (χ2v) is 7.44. The minimum absolute atomic E-state index is 0.166. The van der Waals surface area contributed by atoms with Gasteiger partial charge in [0, 0.05) is 49.7 Å². The van der Waals surface area contributed by atoms with Crippen molar-refractivity contribution in [3.63, 3.8) is 0 Å². The van der Waals surface area contributed by atoms with Gasteiger partial charge >= 0.3 is 0 Å². The molecule has 0 saturated carbocycles. The highest BCUT2D eigenvalue weighted by atomic mass is 35.5. The maximum absolute atomic E-state index is 7.52. The van der Waals surface area contributed by atoms with E-state index in [0.29, 0.717) is 0 Å². The summed E-state index contributed by atoms with van der Waals surface area (Å²) in [7, 11) is 0. The zero-order chi connectivity index (χ0) is 17.6. The third-order valence-corrected chi connectivity index (χ3v) is 5.58. The Morgan fingerprint density at radius 3 is 2.72 bits per heavy atom. The molecule has 25 heavy (non-hydrogen) atoms. The molecule has 3 N–H and O–H groups in total. The highest BCUT2D eigenvalue weighted by Crippen LogP contribution is 2.26. The normalized spacial score (nSPS) is 15.3. The molecule has 1 fully saturated rings. The lowest BCUT2D eigenvalue weighted by Gasteiger charge is -2.35. The van der Waals surface area contributed by atoms with Gasteiger partial charge in [0.1, 0.15) is 5.03 Å². The van der Waals surface area contributed by atoms with Gasteiger partial charge in [-0.15, -0.1) is 11.8 Å². The minimum Gasteiger partial charge on any atom is -0.370 e. The van der Waals surface area contributed by atoms with Crippen LogP contribution in [0.3, 0.4) is 0 Å². The van der Waals surface area contributed by atoms with Crippen molar-refractivity contribution >= 4 is 29.3 Å². The van der Waals surface area contributed by atoms with Crippen molar-refractivity contribution < 1.29 is 0 Å². The molecule has 1 aliphatic rings. The Morgan fingerprint density at radius 1 is 1.20 bits per heavy atom. The van der Waals surface area contributed by atoms with Crippen LogP contribution in [0.5, 0.6) is 0 Å². The van der Waals surface area contributed by atoms with Crippen LogP contribution in [0.1, 0.15) is 11.1 Å². The summed E-state index contributed by atoms with van der Waals surface area (Å²) in [5.41, 5.74) is 8.00. The third kappa shape index (κ3) is 5.11. The predicted molar refractivity (Wildman–Crippen MR) is 104 cm³/mol. The fourth-order valence-corrected chi connectivity index (χ4v) is 3.99. The van der Waals surface area contributed by atoms with Gasteiger partial charge in [-0.3, -0.25) is 10.3 Å². The summed E-state index contributed by atoms with van der Waals surface area (Å²) < 4.78 is 0. The molecule has 2 aromatic rings. The molecule has 0 bridgehead atoms. The third-order valence-electron chi connectivity index (χ3n) is 4.22. The van der Waals surface area contributed by atoms with Gasteiger partial charge in [0.25, 0.3) is 0 Å². The highest BCUT2D eigenvalue weighted by molar-refractivity contribution is 7.98. The molecule has 132 valence electrons. The molecule has 0 aliphatic carbocycles. The summed E-state index contributed by atoms with van der Waals surface area (Å²) in [6, 6.07) is 12.1. The van der Waals surface area contributed by atoms with Gasteiger partial charge in [0.2, 0.25) is 0 Å². The predicted octanol–water partition coefficient (Wildman–Crippen LogP) is 3.04. The van der Waals surface area contributed by atoms with E-state index in [-0.39, 0.29) is 5.96 Å². The van der Waals surface area contributed by atoms with Gasteiger partial charge in [-0.2, -0.15) is 0 Å². The van der Waals surface area contributed by atoms with Gasteiger partial charge in [-0.25, -0.2) is 4.98 Å². The quantitative estimate of drug-likeness (QED) is 0.477. The first-order chi connectivity index (χ1) is 12.1. The molecule has 1 aromatic heterocycles. The summed E-state index contributed by atoms with van der Waals surface area (Å²) in [4.78, 5) is 8.86. The molecular formula is C18H22ClN5S. The Morgan fingerprint density at radius 2 is 2.00 bits per heavy atom. The molecule has 0 amide bonds. The Kier molecular flexibility index (Phi) is 6.18. The van der Waals surface area contributed by atoms with E-state index in [1.807, 2.05) is 35.4 Å². The van der Waals surface area contributed by atoms with Crippen LogP contribution >= 0.6 is 23.4 Å². The molecule has 7 heteroatoms. The first-order valence-corrected chi connectivity index (χ1v) is 9.60. The summed E-state index contributed by atoms with van der Waals surface area (Å²) in [5.74, 6) is 1.02. The second-order valence-electron chi connectivity index (χ2n) is 6.03. The van der Waals surface area contributed by atoms with Crippen molar-refractivity contribution in [2.24, 2.45) is 5.73 Å². The fourth-order valence-electron chi connectivity index (χ4n) is 2.84. The highest BCUT2D eigenvalue weighted by Gasteiger charge is 2.18. The Bertz CT molecular complexity index is 731. The largest absolute Gasteiger partial charge is 0.370 e. The van der Waals surface area contributed by atoms with Crippen LogP contribution in [0, 0.1) is 5.41 Å². The van der Waals surface area contributed by atoms with Crippen molar-refractivity contribution in [1.29, 1.82) is 5.41 Å². The number of halogens is 1. The van der Waals surface area contributed by atoms with Crippen LogP contribution in [-0.2, 0) is 12.3 Å². The summed E-state index contributed by atoms with van der Waals surface area (Å²) >= 11 is 7.80. The lowest BCUT2D eigenvalue weighted by Crippen LogP contribution is -2.50.